The van der Waals surface area contributed by atoms with Crippen LogP contribution >= 0.6 is 0 Å². The number of nitrogens with one attached hydrogen (secondary N) is 2. The van der Waals surface area contributed by atoms with Gasteiger partial charge >= 0.3 is 5.97 Å². The van der Waals surface area contributed by atoms with Crippen molar-refractivity contribution >= 4 is 34.4 Å². The minimum atomic E-state index is -0.758. The molecule has 0 spiro atoms. The van der Waals surface area contributed by atoms with Crippen molar-refractivity contribution in [1.29, 1.82) is 0 Å². The molecule has 2 aromatic carbocycles. The number of furan rings is 1. The van der Waals surface area contributed by atoms with Gasteiger partial charge in [0.1, 0.15) is 11.3 Å². The molecule has 2 N–H and O–H groups in total. The lowest BCUT2D eigenvalue weighted by Gasteiger charge is -2.11. The molecule has 0 aliphatic rings. The number of hydrogen-bond donors (Lipinski definition) is 2. The fourth-order valence-electron chi connectivity index (χ4n) is 3.16. The van der Waals surface area contributed by atoms with Gasteiger partial charge in [-0.25, -0.2) is 4.79 Å². The lowest BCUT2D eigenvalue weighted by Crippen LogP contribution is -2.35. The summed E-state index contributed by atoms with van der Waals surface area (Å²) in [5.41, 5.74) is 3.80. The zero-order valence-electron chi connectivity index (χ0n) is 18.5. The smallest absolute Gasteiger partial charge is 0.375 e. The molecule has 168 valence electrons. The number of anilines is 1. The third kappa shape index (κ3) is 5.26. The molecule has 3 aromatic rings. The second-order valence-electron chi connectivity index (χ2n) is 7.30. The molecule has 1 aromatic heterocycles. The Kier molecular flexibility index (Phi) is 7.14. The summed E-state index contributed by atoms with van der Waals surface area (Å²) in [5, 5.41) is 5.91. The van der Waals surface area contributed by atoms with E-state index in [9.17, 15) is 14.4 Å². The van der Waals surface area contributed by atoms with Crippen LogP contribution in [-0.4, -0.2) is 37.5 Å². The number of hydrogen-bond acceptors (Lipinski definition) is 6. The van der Waals surface area contributed by atoms with E-state index in [4.69, 9.17) is 13.9 Å². The van der Waals surface area contributed by atoms with Crippen molar-refractivity contribution in [3.05, 3.63) is 58.8 Å². The second kappa shape index (κ2) is 10.00. The molecule has 0 saturated heterocycles. The first-order chi connectivity index (χ1) is 15.3. The zero-order chi connectivity index (χ0) is 23.3. The maximum Gasteiger partial charge on any atom is 0.375 e. The van der Waals surface area contributed by atoms with Gasteiger partial charge in [0, 0.05) is 16.6 Å². The van der Waals surface area contributed by atoms with Crippen LogP contribution in [0.2, 0.25) is 0 Å². The number of aryl methyl sites for hydroxylation is 2. The van der Waals surface area contributed by atoms with Gasteiger partial charge in [0.2, 0.25) is 11.7 Å². The second-order valence-corrected chi connectivity index (χ2v) is 7.30. The van der Waals surface area contributed by atoms with Crippen LogP contribution in [0.5, 0.6) is 5.75 Å². The van der Waals surface area contributed by atoms with Crippen LogP contribution in [0.15, 0.2) is 40.8 Å². The van der Waals surface area contributed by atoms with Crippen molar-refractivity contribution in [1.82, 2.24) is 5.32 Å². The minimum absolute atomic E-state index is 0.0223. The van der Waals surface area contributed by atoms with Crippen molar-refractivity contribution < 1.29 is 28.3 Å². The first kappa shape index (κ1) is 22.9. The van der Waals surface area contributed by atoms with Gasteiger partial charge in [-0.1, -0.05) is 12.1 Å². The molecule has 0 aliphatic carbocycles. The molecule has 0 radical (unpaired) electrons. The molecule has 8 nitrogen and oxygen atoms in total. The highest BCUT2D eigenvalue weighted by Gasteiger charge is 2.20. The number of ether oxygens (including phenoxy) is 2. The van der Waals surface area contributed by atoms with Gasteiger partial charge in [0.15, 0.2) is 6.61 Å². The Bertz CT molecular complexity index is 1160. The summed E-state index contributed by atoms with van der Waals surface area (Å²) in [6.45, 7) is 7.21. The molecule has 0 bridgehead atoms. The Labute approximate surface area is 185 Å². The first-order valence-corrected chi connectivity index (χ1v) is 10.3. The van der Waals surface area contributed by atoms with Crippen molar-refractivity contribution in [2.24, 2.45) is 0 Å². The van der Waals surface area contributed by atoms with E-state index in [1.807, 2.05) is 32.9 Å². The van der Waals surface area contributed by atoms with E-state index in [0.717, 1.165) is 16.5 Å². The molecule has 32 heavy (non-hydrogen) atoms. The van der Waals surface area contributed by atoms with Crippen molar-refractivity contribution in [3.63, 3.8) is 0 Å². The van der Waals surface area contributed by atoms with Crippen molar-refractivity contribution in [3.8, 4) is 5.75 Å². The van der Waals surface area contributed by atoms with Gasteiger partial charge in [0.05, 0.1) is 13.2 Å². The maximum absolute atomic E-state index is 12.4. The van der Waals surface area contributed by atoms with Crippen LogP contribution in [0.3, 0.4) is 0 Å². The van der Waals surface area contributed by atoms with E-state index in [0.29, 0.717) is 29.2 Å². The van der Waals surface area contributed by atoms with Gasteiger partial charge in [0.25, 0.3) is 5.91 Å². The van der Waals surface area contributed by atoms with Crippen LogP contribution < -0.4 is 15.4 Å². The molecular weight excluding hydrogens is 412 g/mol. The predicted octanol–water partition coefficient (Wildman–Crippen LogP) is 3.67. The highest BCUT2D eigenvalue weighted by molar-refractivity contribution is 5.98. The molecule has 0 atom stereocenters. The molecule has 8 heteroatoms. The van der Waals surface area contributed by atoms with Crippen LogP contribution in [-0.2, 0) is 14.3 Å². The fraction of sp³-hybridized carbons (Fsp3) is 0.292. The Morgan fingerprint density at radius 2 is 1.78 bits per heavy atom. The summed E-state index contributed by atoms with van der Waals surface area (Å²) in [6.07, 6.45) is 0. The average Bonchev–Trinajstić information content (AvgIpc) is 3.10. The van der Waals surface area contributed by atoms with Crippen LogP contribution in [0.25, 0.3) is 11.0 Å². The quantitative estimate of drug-likeness (QED) is 0.520. The van der Waals surface area contributed by atoms with E-state index in [-0.39, 0.29) is 18.2 Å². The highest BCUT2D eigenvalue weighted by atomic mass is 16.5. The lowest BCUT2D eigenvalue weighted by atomic mass is 10.1. The van der Waals surface area contributed by atoms with Crippen LogP contribution in [0, 0.1) is 20.8 Å². The Balaban J connectivity index is 1.52. The summed E-state index contributed by atoms with van der Waals surface area (Å²) >= 11 is 0. The number of esters is 1. The number of carbonyl (C=O) groups is 3. The Hall–Kier alpha value is -3.81. The molecule has 0 aliphatic heterocycles. The number of carbonyl (C=O) groups excluding carboxylic acids is 3. The lowest BCUT2D eigenvalue weighted by molar-refractivity contribution is -0.126. The molecule has 0 fully saturated rings. The Morgan fingerprint density at radius 1 is 1.00 bits per heavy atom. The van der Waals surface area contributed by atoms with E-state index in [1.54, 1.807) is 31.2 Å². The molecule has 0 unspecified atom stereocenters. The predicted molar refractivity (Wildman–Crippen MR) is 120 cm³/mol. The van der Waals surface area contributed by atoms with E-state index in [2.05, 4.69) is 10.6 Å². The van der Waals surface area contributed by atoms with Gasteiger partial charge in [-0.05, 0) is 63.1 Å². The van der Waals surface area contributed by atoms with Crippen LogP contribution in [0.4, 0.5) is 5.69 Å². The number of fused-ring (bicyclic) bond motifs is 1. The first-order valence-electron chi connectivity index (χ1n) is 10.3. The topological polar surface area (TPSA) is 107 Å². The molecule has 2 amide bonds. The van der Waals surface area contributed by atoms with E-state index in [1.165, 1.54) is 0 Å². The number of benzene rings is 2. The summed E-state index contributed by atoms with van der Waals surface area (Å²) in [4.78, 5) is 36.5. The van der Waals surface area contributed by atoms with E-state index >= 15 is 0 Å². The molecular formula is C24H26N2O6. The van der Waals surface area contributed by atoms with Gasteiger partial charge in [-0.3, -0.25) is 9.59 Å². The van der Waals surface area contributed by atoms with Gasteiger partial charge in [-0.2, -0.15) is 0 Å². The van der Waals surface area contributed by atoms with Crippen molar-refractivity contribution in [2.45, 2.75) is 27.7 Å². The SMILES string of the molecule is CCOc1ccc2oc(C(=O)OCC(=O)NCC(=O)Nc3cccc(C)c3C)c(C)c2c1. The van der Waals surface area contributed by atoms with E-state index < -0.39 is 18.5 Å². The number of rotatable bonds is 8. The van der Waals surface area contributed by atoms with Gasteiger partial charge in [-0.15, -0.1) is 0 Å². The monoisotopic (exact) mass is 438 g/mol. The summed E-state index contributed by atoms with van der Waals surface area (Å²) in [5.74, 6) is -1.04. The summed E-state index contributed by atoms with van der Waals surface area (Å²) < 4.78 is 16.1. The fourth-order valence-corrected chi connectivity index (χ4v) is 3.16. The van der Waals surface area contributed by atoms with Crippen LogP contribution in [0.1, 0.15) is 34.2 Å². The number of amides is 2. The van der Waals surface area contributed by atoms with Crippen molar-refractivity contribution in [2.75, 3.05) is 25.1 Å². The molecule has 3 rings (SSSR count). The summed E-state index contributed by atoms with van der Waals surface area (Å²) in [6, 6.07) is 10.8. The minimum Gasteiger partial charge on any atom is -0.494 e. The maximum atomic E-state index is 12.4. The largest absolute Gasteiger partial charge is 0.494 e. The third-order valence-electron chi connectivity index (χ3n) is 5.06. The molecule has 1 heterocycles. The normalized spacial score (nSPS) is 10.6. The standard InChI is InChI=1S/C24H26N2O6/c1-5-30-17-9-10-20-18(11-17)16(4)23(32-20)24(29)31-13-22(28)25-12-21(27)26-19-8-6-7-14(2)15(19)3/h6-11H,5,12-13H2,1-4H3,(H,25,28)(H,26,27). The third-order valence-corrected chi connectivity index (χ3v) is 5.06. The highest BCUT2D eigenvalue weighted by Crippen LogP contribution is 2.29. The average molecular weight is 438 g/mol. The van der Waals surface area contributed by atoms with Gasteiger partial charge < -0.3 is 24.5 Å². The molecule has 0 saturated carbocycles. The summed E-state index contributed by atoms with van der Waals surface area (Å²) in [7, 11) is 0. The Morgan fingerprint density at radius 3 is 2.53 bits per heavy atom. The zero-order valence-corrected chi connectivity index (χ0v) is 18.5.